The van der Waals surface area contributed by atoms with Gasteiger partial charge in [-0.2, -0.15) is 0 Å². The number of para-hydroxylation sites is 1. The van der Waals surface area contributed by atoms with Crippen LogP contribution in [-0.4, -0.2) is 21.7 Å². The summed E-state index contributed by atoms with van der Waals surface area (Å²) in [5.74, 6) is 0.767. The van der Waals surface area contributed by atoms with Gasteiger partial charge in [0.1, 0.15) is 11.9 Å². The van der Waals surface area contributed by atoms with Gasteiger partial charge in [-0.25, -0.2) is 0 Å². The van der Waals surface area contributed by atoms with Gasteiger partial charge < -0.3 is 10.6 Å². The van der Waals surface area contributed by atoms with Gasteiger partial charge in [0.2, 0.25) is 0 Å². The number of nitro groups is 2. The molecule has 6 rings (SSSR count). The van der Waals surface area contributed by atoms with Gasteiger partial charge in [0.25, 0.3) is 11.4 Å². The van der Waals surface area contributed by atoms with Crippen molar-refractivity contribution in [2.75, 3.05) is 5.32 Å². The summed E-state index contributed by atoms with van der Waals surface area (Å²) in [6, 6.07) is 17.0. The molecule has 0 fully saturated rings. The Kier molecular flexibility index (Phi) is 4.04. The molecular weight excluding hydrogens is 422 g/mol. The highest BCUT2D eigenvalue weighted by Gasteiger charge is 2.44. The fourth-order valence-electron chi connectivity index (χ4n) is 5.37. The second-order valence-electron chi connectivity index (χ2n) is 8.64. The normalized spacial score (nSPS) is 23.8. The standard InChI is InChI=1S/C24H19N5O4/c1-12-21(17-4-2-3-5-20(17)25-12)24-26-22-18-10-13(28(30)31)6-8-15(18)16-9-7-14(29(32)33)11-19(16)23(22)27-24/h2-12,21-23,25H,1H3,(H,26,27). The monoisotopic (exact) mass is 441 g/mol. The molecule has 3 aromatic carbocycles. The average molecular weight is 441 g/mol. The lowest BCUT2D eigenvalue weighted by Crippen LogP contribution is -2.34. The third kappa shape index (κ3) is 2.82. The molecule has 0 saturated carbocycles. The number of aliphatic imine (C=N–C) groups is 1. The van der Waals surface area contributed by atoms with Crippen LogP contribution >= 0.6 is 0 Å². The van der Waals surface area contributed by atoms with Crippen molar-refractivity contribution in [1.29, 1.82) is 0 Å². The van der Waals surface area contributed by atoms with Crippen LogP contribution in [0.4, 0.5) is 17.1 Å². The van der Waals surface area contributed by atoms with E-state index in [1.54, 1.807) is 24.3 Å². The number of amidine groups is 1. The summed E-state index contributed by atoms with van der Waals surface area (Å²) >= 11 is 0. The first-order valence-corrected chi connectivity index (χ1v) is 10.7. The van der Waals surface area contributed by atoms with Crippen LogP contribution < -0.4 is 10.6 Å². The molecule has 9 heteroatoms. The van der Waals surface area contributed by atoms with Crippen LogP contribution in [0.15, 0.2) is 65.7 Å². The number of rotatable bonds is 3. The second-order valence-corrected chi connectivity index (χ2v) is 8.64. The van der Waals surface area contributed by atoms with Crippen molar-refractivity contribution in [2.24, 2.45) is 4.99 Å². The number of nitrogens with zero attached hydrogens (tertiary/aromatic N) is 3. The maximum Gasteiger partial charge on any atom is 0.269 e. The third-order valence-electron chi connectivity index (χ3n) is 6.81. The van der Waals surface area contributed by atoms with Crippen molar-refractivity contribution in [3.05, 3.63) is 97.6 Å². The minimum Gasteiger partial charge on any atom is -0.381 e. The minimum absolute atomic E-state index is 0.00255. The van der Waals surface area contributed by atoms with Crippen LogP contribution in [0.2, 0.25) is 0 Å². The molecule has 2 aliphatic heterocycles. The van der Waals surface area contributed by atoms with Crippen LogP contribution in [-0.2, 0) is 0 Å². The molecule has 4 unspecified atom stereocenters. The molecular formula is C24H19N5O4. The van der Waals surface area contributed by atoms with Gasteiger partial charge in [-0.15, -0.1) is 0 Å². The van der Waals surface area contributed by atoms with Crippen LogP contribution in [0.1, 0.15) is 41.6 Å². The number of benzene rings is 3. The SMILES string of the molecule is CC1Nc2ccccc2C1C1=NC2c3cc([N+](=O)[O-])ccc3-c3ccc([N+](=O)[O-])cc3C2N1. The summed E-state index contributed by atoms with van der Waals surface area (Å²) in [6.45, 7) is 2.09. The largest absolute Gasteiger partial charge is 0.381 e. The first-order valence-electron chi connectivity index (χ1n) is 10.7. The number of nitro benzene ring substituents is 2. The van der Waals surface area contributed by atoms with Gasteiger partial charge in [0.15, 0.2) is 0 Å². The van der Waals surface area contributed by atoms with Crippen molar-refractivity contribution in [3.8, 4) is 11.1 Å². The van der Waals surface area contributed by atoms with E-state index in [0.717, 1.165) is 39.3 Å². The molecule has 2 heterocycles. The van der Waals surface area contributed by atoms with Gasteiger partial charge in [-0.3, -0.25) is 25.2 Å². The molecule has 0 amide bonds. The van der Waals surface area contributed by atoms with Crippen LogP contribution in [0.25, 0.3) is 11.1 Å². The smallest absolute Gasteiger partial charge is 0.269 e. The van der Waals surface area contributed by atoms with E-state index in [2.05, 4.69) is 23.6 Å². The highest BCUT2D eigenvalue weighted by molar-refractivity contribution is 5.96. The molecule has 2 N–H and O–H groups in total. The van der Waals surface area contributed by atoms with E-state index in [4.69, 9.17) is 4.99 Å². The Bertz CT molecular complexity index is 1390. The molecule has 4 atom stereocenters. The van der Waals surface area contributed by atoms with Crippen molar-refractivity contribution in [2.45, 2.75) is 31.0 Å². The molecule has 0 radical (unpaired) electrons. The lowest BCUT2D eigenvalue weighted by molar-refractivity contribution is -0.385. The van der Waals surface area contributed by atoms with Gasteiger partial charge in [-0.1, -0.05) is 18.2 Å². The van der Waals surface area contributed by atoms with Crippen molar-refractivity contribution in [1.82, 2.24) is 5.32 Å². The van der Waals surface area contributed by atoms with Crippen molar-refractivity contribution < 1.29 is 9.85 Å². The van der Waals surface area contributed by atoms with E-state index in [1.165, 1.54) is 12.1 Å². The molecule has 1 aliphatic carbocycles. The summed E-state index contributed by atoms with van der Waals surface area (Å²) in [5, 5.41) is 30.0. The number of non-ortho nitro benzene ring substituents is 2. The summed E-state index contributed by atoms with van der Waals surface area (Å²) in [4.78, 5) is 27.2. The minimum atomic E-state index is -0.413. The van der Waals surface area contributed by atoms with E-state index < -0.39 is 15.9 Å². The van der Waals surface area contributed by atoms with E-state index in [0.29, 0.717) is 0 Å². The lowest BCUT2D eigenvalue weighted by Gasteiger charge is -2.29. The average Bonchev–Trinajstić information content (AvgIpc) is 3.38. The van der Waals surface area contributed by atoms with E-state index in [1.807, 2.05) is 18.2 Å². The Morgan fingerprint density at radius 2 is 1.45 bits per heavy atom. The fourth-order valence-corrected chi connectivity index (χ4v) is 5.37. The quantitative estimate of drug-likeness (QED) is 0.442. The fraction of sp³-hybridized carbons (Fsp3) is 0.208. The highest BCUT2D eigenvalue weighted by Crippen LogP contribution is 2.51. The molecule has 0 bridgehead atoms. The lowest BCUT2D eigenvalue weighted by atomic mass is 9.79. The number of fused-ring (bicyclic) bond motifs is 7. The number of hydrogen-bond donors (Lipinski definition) is 2. The molecule has 3 aromatic rings. The van der Waals surface area contributed by atoms with Crippen LogP contribution in [0, 0.1) is 20.2 Å². The molecule has 0 saturated heterocycles. The Labute approximate surface area is 188 Å². The molecule has 0 aromatic heterocycles. The van der Waals surface area contributed by atoms with Crippen LogP contribution in [0.5, 0.6) is 0 Å². The summed E-state index contributed by atoms with van der Waals surface area (Å²) < 4.78 is 0. The number of hydrogen-bond acceptors (Lipinski definition) is 7. The predicted molar refractivity (Wildman–Crippen MR) is 124 cm³/mol. The zero-order chi connectivity index (χ0) is 22.9. The van der Waals surface area contributed by atoms with Crippen LogP contribution in [0.3, 0.4) is 0 Å². The highest BCUT2D eigenvalue weighted by atomic mass is 16.6. The topological polar surface area (TPSA) is 123 Å². The molecule has 33 heavy (non-hydrogen) atoms. The molecule has 3 aliphatic rings. The van der Waals surface area contributed by atoms with Crippen molar-refractivity contribution in [3.63, 3.8) is 0 Å². The first-order chi connectivity index (χ1) is 15.9. The second kappa shape index (κ2) is 6.86. The Morgan fingerprint density at radius 3 is 2.15 bits per heavy atom. The Morgan fingerprint density at radius 1 is 0.818 bits per heavy atom. The Hall–Kier alpha value is -4.27. The molecule has 0 spiro atoms. The van der Waals surface area contributed by atoms with E-state index in [9.17, 15) is 20.2 Å². The number of nitrogens with one attached hydrogen (secondary N) is 2. The molecule has 9 nitrogen and oxygen atoms in total. The zero-order valence-corrected chi connectivity index (χ0v) is 17.6. The van der Waals surface area contributed by atoms with Gasteiger partial charge in [0.05, 0.1) is 21.8 Å². The van der Waals surface area contributed by atoms with Crippen molar-refractivity contribution >= 4 is 22.9 Å². The third-order valence-corrected chi connectivity index (χ3v) is 6.81. The van der Waals surface area contributed by atoms with E-state index in [-0.39, 0.29) is 29.4 Å². The van der Waals surface area contributed by atoms with Gasteiger partial charge in [0, 0.05) is 36.0 Å². The Balaban J connectivity index is 1.52. The summed E-state index contributed by atoms with van der Waals surface area (Å²) in [5.41, 5.74) is 5.38. The van der Waals surface area contributed by atoms with E-state index >= 15 is 0 Å². The maximum atomic E-state index is 11.5. The van der Waals surface area contributed by atoms with Gasteiger partial charge in [-0.05, 0) is 52.9 Å². The maximum absolute atomic E-state index is 11.5. The zero-order valence-electron chi connectivity index (χ0n) is 17.6. The summed E-state index contributed by atoms with van der Waals surface area (Å²) in [7, 11) is 0. The van der Waals surface area contributed by atoms with Gasteiger partial charge >= 0.3 is 0 Å². The first kappa shape index (κ1) is 19.4. The molecule has 164 valence electrons. The predicted octanol–water partition coefficient (Wildman–Crippen LogP) is 4.87. The summed E-state index contributed by atoms with van der Waals surface area (Å²) in [6.07, 6.45) is 0. The number of anilines is 1.